The van der Waals surface area contributed by atoms with Gasteiger partial charge in [0.1, 0.15) is 15.2 Å². The zero-order valence-corrected chi connectivity index (χ0v) is 9.93. The molecule has 16 heavy (non-hydrogen) atoms. The zero-order chi connectivity index (χ0) is 11.6. The van der Waals surface area contributed by atoms with Gasteiger partial charge in [0, 0.05) is 11.5 Å². The third kappa shape index (κ3) is 2.16. The maximum absolute atomic E-state index is 11.7. The molecule has 1 N–H and O–H groups in total. The Kier molecular flexibility index (Phi) is 2.82. The smallest absolute Gasteiger partial charge is 0.251 e. The Morgan fingerprint density at radius 2 is 2.25 bits per heavy atom. The Balaban J connectivity index is 2.29. The molecule has 2 aromatic heterocycles. The van der Waals surface area contributed by atoms with Crippen molar-refractivity contribution in [1.82, 2.24) is 14.8 Å². The Hall–Kier alpha value is -1.57. The average Bonchev–Trinajstić information content (AvgIpc) is 2.85. The molecule has 7 nitrogen and oxygen atoms in total. The van der Waals surface area contributed by atoms with Crippen molar-refractivity contribution in [3.05, 3.63) is 17.0 Å². The second-order valence-electron chi connectivity index (χ2n) is 2.50. The summed E-state index contributed by atoms with van der Waals surface area (Å²) in [5.74, 6) is 0. The van der Waals surface area contributed by atoms with Gasteiger partial charge in [0.2, 0.25) is 5.13 Å². The van der Waals surface area contributed by atoms with Crippen molar-refractivity contribution in [3.63, 3.8) is 0 Å². The lowest BCUT2D eigenvalue weighted by molar-refractivity contribution is 0.603. The van der Waals surface area contributed by atoms with Gasteiger partial charge < -0.3 is 0 Å². The number of hydrogen-bond acceptors (Lipinski definition) is 8. The molecule has 0 unspecified atom stereocenters. The number of nitrogens with zero attached hydrogens (tertiary/aromatic N) is 4. The summed E-state index contributed by atoms with van der Waals surface area (Å²) >= 11 is 1.72. The monoisotopic (exact) mass is 273 g/mol. The van der Waals surface area contributed by atoms with E-state index in [1.807, 2.05) is 6.07 Å². The summed E-state index contributed by atoms with van der Waals surface area (Å²) in [5, 5.41) is 15.4. The highest BCUT2D eigenvalue weighted by Gasteiger charge is 2.18. The second-order valence-corrected chi connectivity index (χ2v) is 6.23. The van der Waals surface area contributed by atoms with Gasteiger partial charge in [0.05, 0.1) is 0 Å². The molecule has 0 saturated carbocycles. The lowest BCUT2D eigenvalue weighted by Crippen LogP contribution is -2.11. The molecule has 0 fully saturated rings. The first-order chi connectivity index (χ1) is 7.62. The Morgan fingerprint density at radius 3 is 2.81 bits per heavy atom. The van der Waals surface area contributed by atoms with E-state index in [1.165, 1.54) is 12.1 Å². The van der Waals surface area contributed by atoms with Gasteiger partial charge in [-0.3, -0.25) is 4.72 Å². The molecule has 0 saturated heterocycles. The fraction of sp³-hybridized carbons (Fsp3) is 0. The first kappa shape index (κ1) is 10.9. The number of hydrogen-bond donors (Lipinski definition) is 1. The van der Waals surface area contributed by atoms with E-state index >= 15 is 0 Å². The van der Waals surface area contributed by atoms with Gasteiger partial charge in [-0.15, -0.1) is 11.3 Å². The average molecular weight is 273 g/mol. The molecule has 2 rings (SSSR count). The quantitative estimate of drug-likeness (QED) is 0.880. The third-order valence-electron chi connectivity index (χ3n) is 1.48. The van der Waals surface area contributed by atoms with E-state index in [0.29, 0.717) is 4.88 Å². The summed E-state index contributed by atoms with van der Waals surface area (Å²) < 4.78 is 29.1. The van der Waals surface area contributed by atoms with Crippen LogP contribution in [0.5, 0.6) is 0 Å². The Labute approximate surface area is 98.6 Å². The van der Waals surface area contributed by atoms with E-state index in [9.17, 15) is 8.42 Å². The molecular weight excluding hydrogens is 270 g/mol. The molecule has 0 aliphatic rings. The third-order valence-corrected chi connectivity index (χ3v) is 4.94. The van der Waals surface area contributed by atoms with Crippen molar-refractivity contribution in [2.75, 3.05) is 4.72 Å². The highest BCUT2D eigenvalue weighted by molar-refractivity contribution is 7.94. The van der Waals surface area contributed by atoms with E-state index in [4.69, 9.17) is 5.26 Å². The molecular formula is C6H3N5O2S3. The van der Waals surface area contributed by atoms with Crippen LogP contribution in [0.25, 0.3) is 0 Å². The van der Waals surface area contributed by atoms with E-state index < -0.39 is 10.0 Å². The van der Waals surface area contributed by atoms with Crippen LogP contribution in [-0.2, 0) is 10.0 Å². The molecule has 82 valence electrons. The fourth-order valence-corrected chi connectivity index (χ4v) is 3.55. The highest BCUT2D eigenvalue weighted by Crippen LogP contribution is 2.23. The summed E-state index contributed by atoms with van der Waals surface area (Å²) in [6.07, 6.45) is 0. The second kappa shape index (κ2) is 4.12. The summed E-state index contributed by atoms with van der Waals surface area (Å²) in [6, 6.07) is 4.67. The topological polar surface area (TPSA) is 109 Å². The SMILES string of the molecule is N#Cc1ccc(S(=O)(=O)Nc2nnns2)s1. The number of nitrogens with one attached hydrogen (secondary N) is 1. The van der Waals surface area contributed by atoms with Crippen LogP contribution in [0.4, 0.5) is 5.13 Å². The fourth-order valence-electron chi connectivity index (χ4n) is 0.863. The Morgan fingerprint density at radius 1 is 1.44 bits per heavy atom. The first-order valence-electron chi connectivity index (χ1n) is 3.79. The van der Waals surface area contributed by atoms with Crippen LogP contribution < -0.4 is 4.72 Å². The molecule has 0 bridgehead atoms. The van der Waals surface area contributed by atoms with Gasteiger partial charge in [-0.2, -0.15) is 5.26 Å². The van der Waals surface area contributed by atoms with Gasteiger partial charge in [-0.25, -0.2) is 8.42 Å². The number of rotatable bonds is 3. The van der Waals surface area contributed by atoms with Gasteiger partial charge in [0.25, 0.3) is 10.0 Å². The van der Waals surface area contributed by atoms with Gasteiger partial charge in [-0.1, -0.05) is 9.59 Å². The van der Waals surface area contributed by atoms with Crippen molar-refractivity contribution >= 4 is 38.0 Å². The highest BCUT2D eigenvalue weighted by atomic mass is 32.2. The largest absolute Gasteiger partial charge is 0.273 e. The minimum atomic E-state index is -3.69. The molecule has 10 heteroatoms. The van der Waals surface area contributed by atoms with Crippen molar-refractivity contribution in [2.24, 2.45) is 0 Å². The predicted molar refractivity (Wildman–Crippen MR) is 57.5 cm³/mol. The van der Waals surface area contributed by atoms with E-state index in [0.717, 1.165) is 22.9 Å². The van der Waals surface area contributed by atoms with Crippen molar-refractivity contribution in [3.8, 4) is 6.07 Å². The number of nitriles is 1. The standard InChI is InChI=1S/C6H3N5O2S3/c7-3-4-1-2-5(14-4)16(12,13)9-6-8-10-11-15-6/h1-2H,(H,8,9,11). The summed E-state index contributed by atoms with van der Waals surface area (Å²) in [4.78, 5) is 0.329. The lowest BCUT2D eigenvalue weighted by Gasteiger charge is -1.99. The van der Waals surface area contributed by atoms with Crippen LogP contribution in [0.2, 0.25) is 0 Å². The number of thiophene rings is 1. The summed E-state index contributed by atoms with van der Waals surface area (Å²) in [5.41, 5.74) is 0. The van der Waals surface area contributed by atoms with Gasteiger partial charge in [-0.05, 0) is 17.3 Å². The number of sulfonamides is 1. The van der Waals surface area contributed by atoms with Gasteiger partial charge >= 0.3 is 0 Å². The number of aromatic nitrogens is 3. The molecule has 0 atom stereocenters. The van der Waals surface area contributed by atoms with E-state index in [1.54, 1.807) is 0 Å². The zero-order valence-electron chi connectivity index (χ0n) is 7.48. The Bertz CT molecular complexity index is 623. The van der Waals surface area contributed by atoms with E-state index in [-0.39, 0.29) is 9.34 Å². The lowest BCUT2D eigenvalue weighted by atomic mass is 10.5. The first-order valence-corrected chi connectivity index (χ1v) is 6.87. The number of anilines is 1. The van der Waals surface area contributed by atoms with Crippen LogP contribution in [0.15, 0.2) is 16.3 Å². The predicted octanol–water partition coefficient (Wildman–Crippen LogP) is 0.667. The van der Waals surface area contributed by atoms with Crippen molar-refractivity contribution < 1.29 is 8.42 Å². The van der Waals surface area contributed by atoms with Crippen LogP contribution in [0, 0.1) is 11.3 Å². The van der Waals surface area contributed by atoms with Crippen molar-refractivity contribution in [1.29, 1.82) is 5.26 Å². The van der Waals surface area contributed by atoms with Crippen LogP contribution in [0.1, 0.15) is 4.88 Å². The van der Waals surface area contributed by atoms with Gasteiger partial charge in [0.15, 0.2) is 0 Å². The van der Waals surface area contributed by atoms with E-state index in [2.05, 4.69) is 19.5 Å². The molecule has 0 spiro atoms. The van der Waals surface area contributed by atoms with Crippen LogP contribution >= 0.6 is 22.9 Å². The molecule has 2 heterocycles. The molecule has 0 aliphatic heterocycles. The van der Waals surface area contributed by atoms with Crippen LogP contribution in [0.3, 0.4) is 0 Å². The van der Waals surface area contributed by atoms with Crippen LogP contribution in [-0.4, -0.2) is 23.2 Å². The molecule has 0 radical (unpaired) electrons. The minimum Gasteiger partial charge on any atom is -0.251 e. The summed E-state index contributed by atoms with van der Waals surface area (Å²) in [6.45, 7) is 0. The molecule has 2 aromatic rings. The normalized spacial score (nSPS) is 10.9. The minimum absolute atomic E-state index is 0.0549. The maximum atomic E-state index is 11.7. The molecule has 0 amide bonds. The molecule has 0 aromatic carbocycles. The van der Waals surface area contributed by atoms with Crippen molar-refractivity contribution in [2.45, 2.75) is 4.21 Å². The maximum Gasteiger partial charge on any atom is 0.273 e. The summed E-state index contributed by atoms with van der Waals surface area (Å²) in [7, 11) is -3.69. The molecule has 0 aliphatic carbocycles.